The summed E-state index contributed by atoms with van der Waals surface area (Å²) >= 11 is 0. The molecule has 0 saturated heterocycles. The van der Waals surface area contributed by atoms with Gasteiger partial charge in [-0.25, -0.2) is 9.37 Å². The molecule has 3 rings (SSSR count). The smallest absolute Gasteiger partial charge is 0.141 e. The average Bonchev–Trinajstić information content (AvgIpc) is 2.97. The summed E-state index contributed by atoms with van der Waals surface area (Å²) in [5.74, 6) is 0.832. The van der Waals surface area contributed by atoms with Gasteiger partial charge in [0.05, 0.1) is 24.5 Å². The molecular weight excluding hydrogens is 269 g/mol. The number of fused-ring (bicyclic) bond motifs is 1. The summed E-state index contributed by atoms with van der Waals surface area (Å²) in [6.45, 7) is 3.89. The van der Waals surface area contributed by atoms with E-state index in [4.69, 9.17) is 0 Å². The highest BCUT2D eigenvalue weighted by Crippen LogP contribution is 2.17. The lowest BCUT2D eigenvalue weighted by Crippen LogP contribution is -2.35. The quantitative estimate of drug-likeness (QED) is 0.908. The van der Waals surface area contributed by atoms with E-state index in [9.17, 15) is 4.39 Å². The van der Waals surface area contributed by atoms with Gasteiger partial charge in [-0.3, -0.25) is 9.88 Å². The van der Waals surface area contributed by atoms with Crippen molar-refractivity contribution in [3.05, 3.63) is 48.1 Å². The van der Waals surface area contributed by atoms with E-state index in [0.717, 1.165) is 44.1 Å². The topological polar surface area (TPSA) is 46.0 Å². The first-order valence-corrected chi connectivity index (χ1v) is 7.27. The van der Waals surface area contributed by atoms with Crippen molar-refractivity contribution in [3.8, 4) is 0 Å². The van der Waals surface area contributed by atoms with Crippen LogP contribution in [-0.4, -0.2) is 39.6 Å². The first-order valence-electron chi connectivity index (χ1n) is 7.27. The van der Waals surface area contributed by atoms with E-state index in [1.54, 1.807) is 6.07 Å². The van der Waals surface area contributed by atoms with Crippen molar-refractivity contribution in [1.29, 1.82) is 0 Å². The molecule has 21 heavy (non-hydrogen) atoms. The fraction of sp³-hybridized carbons (Fsp3) is 0.467. The average molecular weight is 289 g/mol. The molecule has 2 aromatic rings. The highest BCUT2D eigenvalue weighted by Gasteiger charge is 2.18. The Balaban J connectivity index is 1.57. The molecule has 0 saturated carbocycles. The summed E-state index contributed by atoms with van der Waals surface area (Å²) in [6.07, 6.45) is 6.11. The molecular formula is C15H20FN5. The van der Waals surface area contributed by atoms with Crippen molar-refractivity contribution in [3.63, 3.8) is 0 Å². The van der Waals surface area contributed by atoms with Crippen LogP contribution in [0.25, 0.3) is 0 Å². The monoisotopic (exact) mass is 289 g/mol. The second-order valence-corrected chi connectivity index (χ2v) is 5.34. The third-order valence-electron chi connectivity index (χ3n) is 4.01. The number of pyridine rings is 1. The van der Waals surface area contributed by atoms with E-state index in [1.807, 2.05) is 19.4 Å². The summed E-state index contributed by atoms with van der Waals surface area (Å²) in [5, 5.41) is 3.26. The van der Waals surface area contributed by atoms with Crippen LogP contribution in [0.15, 0.2) is 30.7 Å². The number of hydrogen-bond acceptors (Lipinski definition) is 4. The Morgan fingerprint density at radius 3 is 3.00 bits per heavy atom. The summed E-state index contributed by atoms with van der Waals surface area (Å²) in [5.41, 5.74) is 0.886. The van der Waals surface area contributed by atoms with Gasteiger partial charge in [0, 0.05) is 32.0 Å². The Kier molecular flexibility index (Phi) is 4.26. The van der Waals surface area contributed by atoms with Crippen molar-refractivity contribution in [2.45, 2.75) is 25.6 Å². The van der Waals surface area contributed by atoms with E-state index in [1.165, 1.54) is 12.3 Å². The van der Waals surface area contributed by atoms with Crippen LogP contribution in [-0.2, 0) is 13.1 Å². The van der Waals surface area contributed by atoms with Crippen LogP contribution in [0.1, 0.15) is 24.0 Å². The van der Waals surface area contributed by atoms with Crippen LogP contribution in [0.2, 0.25) is 0 Å². The molecule has 1 N–H and O–H groups in total. The molecule has 1 aliphatic heterocycles. The van der Waals surface area contributed by atoms with Gasteiger partial charge < -0.3 is 9.88 Å². The molecule has 1 aliphatic rings. The largest absolute Gasteiger partial charge is 0.333 e. The second-order valence-electron chi connectivity index (χ2n) is 5.34. The highest BCUT2D eigenvalue weighted by atomic mass is 19.1. The molecule has 1 atom stereocenters. The fourth-order valence-electron chi connectivity index (χ4n) is 2.76. The van der Waals surface area contributed by atoms with Gasteiger partial charge in [0.15, 0.2) is 0 Å². The van der Waals surface area contributed by atoms with Crippen LogP contribution in [0.3, 0.4) is 0 Å². The molecule has 0 aromatic carbocycles. The predicted octanol–water partition coefficient (Wildman–Crippen LogP) is 1.58. The van der Waals surface area contributed by atoms with Gasteiger partial charge in [-0.15, -0.1) is 0 Å². The van der Waals surface area contributed by atoms with E-state index in [2.05, 4.69) is 24.8 Å². The van der Waals surface area contributed by atoms with Gasteiger partial charge >= 0.3 is 0 Å². The van der Waals surface area contributed by atoms with E-state index < -0.39 is 0 Å². The van der Waals surface area contributed by atoms with Gasteiger partial charge in [-0.2, -0.15) is 0 Å². The van der Waals surface area contributed by atoms with Crippen LogP contribution in [0.4, 0.5) is 4.39 Å². The summed E-state index contributed by atoms with van der Waals surface area (Å²) < 4.78 is 15.1. The molecule has 112 valence electrons. The maximum atomic E-state index is 12.9. The molecule has 3 heterocycles. The van der Waals surface area contributed by atoms with E-state index in [0.29, 0.717) is 0 Å². The molecule has 5 nitrogen and oxygen atoms in total. The molecule has 0 bridgehead atoms. The first kappa shape index (κ1) is 14.2. The van der Waals surface area contributed by atoms with E-state index in [-0.39, 0.29) is 11.9 Å². The second kappa shape index (κ2) is 6.32. The molecule has 1 unspecified atom stereocenters. The first-order chi connectivity index (χ1) is 10.3. The number of imidazole rings is 1. The number of nitrogens with zero attached hydrogens (tertiary/aromatic N) is 4. The standard InChI is InChI=1S/C15H20FN5/c1-17-13(14-3-2-12(16)10-19-14)4-6-20-8-9-21-7-5-18-15(21)11-20/h2-3,5,7,10,13,17H,4,6,8-9,11H2,1H3. The lowest BCUT2D eigenvalue weighted by molar-refractivity contribution is 0.206. The van der Waals surface area contributed by atoms with Gasteiger partial charge in [0.25, 0.3) is 0 Å². The van der Waals surface area contributed by atoms with Crippen molar-refractivity contribution in [1.82, 2.24) is 24.8 Å². The Morgan fingerprint density at radius 2 is 2.24 bits per heavy atom. The van der Waals surface area contributed by atoms with Crippen LogP contribution in [0.5, 0.6) is 0 Å². The Morgan fingerprint density at radius 1 is 1.33 bits per heavy atom. The third-order valence-corrected chi connectivity index (χ3v) is 4.01. The van der Waals surface area contributed by atoms with Gasteiger partial charge in [0.1, 0.15) is 11.6 Å². The van der Waals surface area contributed by atoms with Gasteiger partial charge in [-0.05, 0) is 25.6 Å². The van der Waals surface area contributed by atoms with Crippen LogP contribution in [0, 0.1) is 5.82 Å². The summed E-state index contributed by atoms with van der Waals surface area (Å²) in [7, 11) is 1.92. The molecule has 0 amide bonds. The van der Waals surface area contributed by atoms with Gasteiger partial charge in [-0.1, -0.05) is 0 Å². The Hall–Kier alpha value is -1.79. The number of aromatic nitrogens is 3. The SMILES string of the molecule is CNC(CCN1CCn2ccnc2C1)c1ccc(F)cn1. The predicted molar refractivity (Wildman–Crippen MR) is 78.1 cm³/mol. The fourth-order valence-corrected chi connectivity index (χ4v) is 2.76. The van der Waals surface area contributed by atoms with Crippen LogP contribution < -0.4 is 5.32 Å². The number of rotatable bonds is 5. The van der Waals surface area contributed by atoms with Gasteiger partial charge in [0.2, 0.25) is 0 Å². The molecule has 0 spiro atoms. The minimum absolute atomic E-state index is 0.146. The zero-order valence-corrected chi connectivity index (χ0v) is 12.2. The normalized spacial score (nSPS) is 16.7. The van der Waals surface area contributed by atoms with E-state index >= 15 is 0 Å². The number of halogens is 1. The van der Waals surface area contributed by atoms with Crippen molar-refractivity contribution in [2.75, 3.05) is 20.1 Å². The summed E-state index contributed by atoms with van der Waals surface area (Å²) in [4.78, 5) is 10.9. The Bertz CT molecular complexity index is 580. The summed E-state index contributed by atoms with van der Waals surface area (Å²) in [6, 6.07) is 3.36. The maximum absolute atomic E-state index is 12.9. The number of hydrogen-bond donors (Lipinski definition) is 1. The van der Waals surface area contributed by atoms with Crippen LogP contribution >= 0.6 is 0 Å². The lowest BCUT2D eigenvalue weighted by Gasteiger charge is -2.28. The maximum Gasteiger partial charge on any atom is 0.141 e. The minimum atomic E-state index is -0.295. The molecule has 2 aromatic heterocycles. The zero-order chi connectivity index (χ0) is 14.7. The zero-order valence-electron chi connectivity index (χ0n) is 12.2. The van der Waals surface area contributed by atoms with Crippen molar-refractivity contribution < 1.29 is 4.39 Å². The number of nitrogens with one attached hydrogen (secondary N) is 1. The molecule has 0 aliphatic carbocycles. The highest BCUT2D eigenvalue weighted by molar-refractivity contribution is 5.10. The third kappa shape index (κ3) is 3.28. The minimum Gasteiger partial charge on any atom is -0.333 e. The Labute approximate surface area is 123 Å². The van der Waals surface area contributed by atoms with Crippen molar-refractivity contribution >= 4 is 0 Å². The van der Waals surface area contributed by atoms with Crippen molar-refractivity contribution in [2.24, 2.45) is 0 Å². The molecule has 0 radical (unpaired) electrons. The lowest BCUT2D eigenvalue weighted by atomic mass is 10.1. The molecule has 6 heteroatoms. The molecule has 0 fully saturated rings.